The Morgan fingerprint density at radius 2 is 1.78 bits per heavy atom. The number of nitriles is 2. The van der Waals surface area contributed by atoms with Crippen molar-refractivity contribution in [2.24, 2.45) is 0 Å². The van der Waals surface area contributed by atoms with Crippen LogP contribution in [-0.2, 0) is 24.6 Å². The van der Waals surface area contributed by atoms with E-state index in [2.05, 4.69) is 16.4 Å². The Balaban J connectivity index is 1.36. The van der Waals surface area contributed by atoms with Crippen molar-refractivity contribution in [3.05, 3.63) is 100 Å². The first-order chi connectivity index (χ1) is 22.3. The van der Waals surface area contributed by atoms with Crippen LogP contribution in [0.5, 0.6) is 23.0 Å². The van der Waals surface area contributed by atoms with E-state index in [0.717, 1.165) is 22.3 Å². The number of carboxylic acid groups (broad SMARTS) is 1. The molecule has 3 N–H and O–H groups in total. The minimum absolute atomic E-state index is 0.0802. The third kappa shape index (κ3) is 7.90. The van der Waals surface area contributed by atoms with Crippen molar-refractivity contribution in [2.45, 2.75) is 39.2 Å². The highest BCUT2D eigenvalue weighted by molar-refractivity contribution is 5.74. The number of pyridine rings is 1. The molecule has 0 spiro atoms. The molecule has 0 unspecified atom stereocenters. The van der Waals surface area contributed by atoms with Crippen LogP contribution in [0.4, 0.5) is 0 Å². The van der Waals surface area contributed by atoms with Crippen LogP contribution in [0.2, 0.25) is 0 Å². The first-order valence-electron chi connectivity index (χ1n) is 14.6. The molecule has 0 radical (unpaired) electrons. The van der Waals surface area contributed by atoms with Gasteiger partial charge in [0.2, 0.25) is 0 Å². The van der Waals surface area contributed by atoms with E-state index in [4.69, 9.17) is 29.3 Å². The number of nitrogens with zero attached hydrogens (tertiary/aromatic N) is 3. The molecule has 0 amide bonds. The Labute approximate surface area is 266 Å². The van der Waals surface area contributed by atoms with Crippen LogP contribution in [0.25, 0.3) is 11.1 Å². The van der Waals surface area contributed by atoms with Gasteiger partial charge in [-0.1, -0.05) is 24.3 Å². The fourth-order valence-electron chi connectivity index (χ4n) is 4.99. The van der Waals surface area contributed by atoms with Gasteiger partial charge in [0.25, 0.3) is 0 Å². The SMILES string of the molecule is Cc1cc(CNC[C@@H](O)CC(=O)O)c(OCc2ccc(C#N)cn2)cc1OCc1cccc(-c2ccc3c(c2)OCCO3)c1C#N. The molecule has 5 rings (SSSR count). The molecule has 0 saturated carbocycles. The first kappa shape index (κ1) is 31.8. The maximum Gasteiger partial charge on any atom is 0.306 e. The number of aliphatic hydroxyl groups is 1. The van der Waals surface area contributed by atoms with Crippen LogP contribution in [0.1, 0.15) is 39.9 Å². The average Bonchev–Trinajstić information content (AvgIpc) is 3.06. The van der Waals surface area contributed by atoms with Gasteiger partial charge in [-0.05, 0) is 53.9 Å². The highest BCUT2D eigenvalue weighted by Gasteiger charge is 2.17. The minimum atomic E-state index is -1.08. The summed E-state index contributed by atoms with van der Waals surface area (Å²) in [4.78, 5) is 15.2. The topological polar surface area (TPSA) is 167 Å². The molecule has 3 aromatic carbocycles. The second-order valence-electron chi connectivity index (χ2n) is 10.6. The number of rotatable bonds is 13. The van der Waals surface area contributed by atoms with Crippen molar-refractivity contribution < 1.29 is 34.0 Å². The van der Waals surface area contributed by atoms with Crippen molar-refractivity contribution in [3.8, 4) is 46.3 Å². The standard InChI is InChI=1S/C35H32N4O7/c1-22-11-26(18-38-19-28(40)13-35(41)42)33(46-21-27-7-5-23(15-36)17-39-27)14-32(22)45-20-25-3-2-4-29(30(25)16-37)24-6-8-31-34(12-24)44-10-9-43-31/h2-8,11-12,14,17,28,38,40H,9-10,13,18-21H2,1H3,(H,41,42)/t28-/m0/s1. The minimum Gasteiger partial charge on any atom is -0.488 e. The van der Waals surface area contributed by atoms with Gasteiger partial charge >= 0.3 is 5.97 Å². The molecule has 0 bridgehead atoms. The van der Waals surface area contributed by atoms with E-state index in [1.54, 1.807) is 18.2 Å². The molecule has 1 atom stereocenters. The van der Waals surface area contributed by atoms with Gasteiger partial charge in [0.1, 0.15) is 50.1 Å². The highest BCUT2D eigenvalue weighted by atomic mass is 16.6. The molecule has 1 aliphatic heterocycles. The van der Waals surface area contributed by atoms with E-state index >= 15 is 0 Å². The van der Waals surface area contributed by atoms with Crippen LogP contribution in [0.15, 0.2) is 66.9 Å². The van der Waals surface area contributed by atoms with Crippen molar-refractivity contribution >= 4 is 5.97 Å². The summed E-state index contributed by atoms with van der Waals surface area (Å²) in [6.07, 6.45) is 0.0638. The number of benzene rings is 3. The molecule has 2 heterocycles. The number of hydrogen-bond donors (Lipinski definition) is 3. The summed E-state index contributed by atoms with van der Waals surface area (Å²) in [5, 5.41) is 41.2. The van der Waals surface area contributed by atoms with E-state index in [1.807, 2.05) is 55.5 Å². The number of hydrogen-bond acceptors (Lipinski definition) is 10. The van der Waals surface area contributed by atoms with Gasteiger partial charge in [0.15, 0.2) is 11.5 Å². The Hall–Kier alpha value is -5.62. The molecular weight excluding hydrogens is 588 g/mol. The number of carbonyl (C=O) groups is 1. The maximum atomic E-state index is 10.9. The number of fused-ring (bicyclic) bond motifs is 1. The van der Waals surface area contributed by atoms with E-state index < -0.39 is 12.1 Å². The number of nitrogens with one attached hydrogen (secondary N) is 1. The molecule has 0 saturated heterocycles. The van der Waals surface area contributed by atoms with Gasteiger partial charge in [-0.2, -0.15) is 10.5 Å². The highest BCUT2D eigenvalue weighted by Crippen LogP contribution is 2.37. The number of aryl methyl sites for hydroxylation is 1. The third-order valence-corrected chi connectivity index (χ3v) is 7.29. The number of ether oxygens (including phenoxy) is 4. The summed E-state index contributed by atoms with van der Waals surface area (Å²) < 4.78 is 23.8. The van der Waals surface area contributed by atoms with E-state index in [0.29, 0.717) is 65.1 Å². The molecule has 4 aromatic rings. The van der Waals surface area contributed by atoms with Crippen LogP contribution in [0.3, 0.4) is 0 Å². The Morgan fingerprint density at radius 1 is 0.978 bits per heavy atom. The normalized spacial score (nSPS) is 12.4. The summed E-state index contributed by atoms with van der Waals surface area (Å²) in [5.41, 5.74) is 5.41. The molecule has 1 aromatic heterocycles. The van der Waals surface area contributed by atoms with Crippen LogP contribution in [-0.4, -0.2) is 47.0 Å². The molecule has 46 heavy (non-hydrogen) atoms. The zero-order valence-corrected chi connectivity index (χ0v) is 25.2. The van der Waals surface area contributed by atoms with Gasteiger partial charge in [0, 0.05) is 36.5 Å². The maximum absolute atomic E-state index is 10.9. The lowest BCUT2D eigenvalue weighted by molar-refractivity contribution is -0.139. The van der Waals surface area contributed by atoms with Gasteiger partial charge in [-0.25, -0.2) is 0 Å². The molecule has 234 valence electrons. The first-order valence-corrected chi connectivity index (χ1v) is 14.6. The van der Waals surface area contributed by atoms with Crippen molar-refractivity contribution in [3.63, 3.8) is 0 Å². The predicted molar refractivity (Wildman–Crippen MR) is 166 cm³/mol. The molecule has 1 aliphatic rings. The lowest BCUT2D eigenvalue weighted by atomic mass is 9.96. The van der Waals surface area contributed by atoms with Gasteiger partial charge in [-0.3, -0.25) is 9.78 Å². The largest absolute Gasteiger partial charge is 0.488 e. The molecule has 11 nitrogen and oxygen atoms in total. The quantitative estimate of drug-likeness (QED) is 0.190. The Morgan fingerprint density at radius 3 is 2.52 bits per heavy atom. The van der Waals surface area contributed by atoms with Crippen LogP contribution < -0.4 is 24.3 Å². The second-order valence-corrected chi connectivity index (χ2v) is 10.6. The zero-order valence-electron chi connectivity index (χ0n) is 25.2. The van der Waals surface area contributed by atoms with Crippen molar-refractivity contribution in [1.82, 2.24) is 10.3 Å². The van der Waals surface area contributed by atoms with E-state index in [1.165, 1.54) is 6.20 Å². The van der Waals surface area contributed by atoms with Crippen LogP contribution in [0, 0.1) is 29.6 Å². The predicted octanol–water partition coefficient (Wildman–Crippen LogP) is 4.65. The zero-order chi connectivity index (χ0) is 32.5. The Bertz CT molecular complexity index is 1790. The lowest BCUT2D eigenvalue weighted by Crippen LogP contribution is -2.28. The van der Waals surface area contributed by atoms with Gasteiger partial charge in [0.05, 0.1) is 29.3 Å². The summed E-state index contributed by atoms with van der Waals surface area (Å²) in [6, 6.07) is 22.6. The Kier molecular flexibility index (Phi) is 10.3. The molecule has 0 fully saturated rings. The van der Waals surface area contributed by atoms with Gasteiger partial charge < -0.3 is 34.5 Å². The molecular formula is C35H32N4O7. The van der Waals surface area contributed by atoms with Crippen LogP contribution >= 0.6 is 0 Å². The molecule has 11 heteroatoms. The molecule has 0 aliphatic carbocycles. The summed E-state index contributed by atoms with van der Waals surface area (Å²) in [5.74, 6) is 1.27. The van der Waals surface area contributed by atoms with Crippen molar-refractivity contribution in [2.75, 3.05) is 19.8 Å². The number of aromatic nitrogens is 1. The summed E-state index contributed by atoms with van der Waals surface area (Å²) in [6.45, 7) is 3.47. The fraction of sp³-hybridized carbons (Fsp3) is 0.257. The lowest BCUT2D eigenvalue weighted by Gasteiger charge is -2.19. The second kappa shape index (κ2) is 14.9. The average molecular weight is 621 g/mol. The van der Waals surface area contributed by atoms with E-state index in [-0.39, 0.29) is 26.2 Å². The number of aliphatic hydroxyl groups excluding tert-OH is 1. The number of aliphatic carboxylic acids is 1. The monoisotopic (exact) mass is 620 g/mol. The van der Waals surface area contributed by atoms with E-state index in [9.17, 15) is 15.2 Å². The van der Waals surface area contributed by atoms with Crippen molar-refractivity contribution in [1.29, 1.82) is 10.5 Å². The smallest absolute Gasteiger partial charge is 0.306 e. The summed E-state index contributed by atoms with van der Waals surface area (Å²) >= 11 is 0. The summed E-state index contributed by atoms with van der Waals surface area (Å²) in [7, 11) is 0. The fourth-order valence-corrected chi connectivity index (χ4v) is 4.99. The number of carboxylic acids is 1. The third-order valence-electron chi connectivity index (χ3n) is 7.29. The van der Waals surface area contributed by atoms with Gasteiger partial charge in [-0.15, -0.1) is 0 Å².